The number of unbranched alkanes of at least 4 members (excludes halogenated alkanes) is 1. The van der Waals surface area contributed by atoms with E-state index in [2.05, 4.69) is 47.1 Å². The third-order valence-corrected chi connectivity index (χ3v) is 7.75. The Hall–Kier alpha value is -2.57. The third-order valence-electron chi connectivity index (χ3n) is 7.32. The number of nitrogens with one attached hydrogen (secondary N) is 1. The van der Waals surface area contributed by atoms with Crippen molar-refractivity contribution in [1.82, 2.24) is 14.9 Å². The number of amidine groups is 1. The average molecular weight is 528 g/mol. The van der Waals surface area contributed by atoms with E-state index in [-0.39, 0.29) is 5.41 Å². The van der Waals surface area contributed by atoms with Crippen molar-refractivity contribution in [3.63, 3.8) is 0 Å². The van der Waals surface area contributed by atoms with Gasteiger partial charge < -0.3 is 14.8 Å². The van der Waals surface area contributed by atoms with Crippen molar-refractivity contribution in [2.24, 2.45) is 9.98 Å². The summed E-state index contributed by atoms with van der Waals surface area (Å²) in [5, 5.41) is 1.12. The van der Waals surface area contributed by atoms with Crippen molar-refractivity contribution in [1.29, 1.82) is 0 Å². The fourth-order valence-corrected chi connectivity index (χ4v) is 5.22. The topological polar surface area (TPSA) is 59.9 Å². The van der Waals surface area contributed by atoms with E-state index in [1.54, 1.807) is 6.20 Å². The first-order valence-corrected chi connectivity index (χ1v) is 13.6. The van der Waals surface area contributed by atoms with Crippen molar-refractivity contribution in [2.75, 3.05) is 31.6 Å². The molecular weight excluding hydrogens is 491 g/mol. The average Bonchev–Trinajstić information content (AvgIpc) is 3.46. The van der Waals surface area contributed by atoms with Crippen LogP contribution >= 0.6 is 23.2 Å². The zero-order valence-corrected chi connectivity index (χ0v) is 22.9. The molecule has 0 amide bonds. The Morgan fingerprint density at radius 1 is 1.17 bits per heavy atom. The fourth-order valence-electron chi connectivity index (χ4n) is 4.92. The van der Waals surface area contributed by atoms with E-state index in [9.17, 15) is 0 Å². The van der Waals surface area contributed by atoms with Gasteiger partial charge in [0.15, 0.2) is 5.82 Å². The summed E-state index contributed by atoms with van der Waals surface area (Å²) >= 11 is 12.4. The minimum atomic E-state index is -0.0392. The maximum atomic E-state index is 6.24. The van der Waals surface area contributed by atoms with E-state index in [1.807, 2.05) is 24.1 Å². The number of hydrogen-bond acceptors (Lipinski definition) is 5. The lowest BCUT2D eigenvalue weighted by molar-refractivity contribution is 0.338. The lowest BCUT2D eigenvalue weighted by atomic mass is 9.63. The number of aromatic amines is 1. The number of hydrogen-bond donors (Lipinski definition) is 1. The number of aliphatic imine (C=N–C) groups is 2. The molecule has 0 saturated heterocycles. The van der Waals surface area contributed by atoms with E-state index >= 15 is 0 Å². The van der Waals surface area contributed by atoms with Crippen molar-refractivity contribution in [2.45, 2.75) is 57.3 Å². The highest BCUT2D eigenvalue weighted by atomic mass is 35.5. The molecule has 192 valence electrons. The van der Waals surface area contributed by atoms with Crippen molar-refractivity contribution >= 4 is 46.3 Å². The third kappa shape index (κ3) is 5.55. The lowest BCUT2D eigenvalue weighted by Gasteiger charge is -2.41. The molecule has 1 aromatic heterocycles. The summed E-state index contributed by atoms with van der Waals surface area (Å²) in [6.07, 6.45) is 9.22. The van der Waals surface area contributed by atoms with Gasteiger partial charge in [0.1, 0.15) is 11.5 Å². The zero-order valence-electron chi connectivity index (χ0n) is 21.4. The summed E-state index contributed by atoms with van der Waals surface area (Å²) in [7, 11) is 2.05. The monoisotopic (exact) mass is 526 g/mol. The quantitative estimate of drug-likeness (QED) is 0.302. The van der Waals surface area contributed by atoms with Gasteiger partial charge in [-0.25, -0.2) is 4.99 Å². The molecule has 0 radical (unpaired) electrons. The van der Waals surface area contributed by atoms with Gasteiger partial charge in [0.25, 0.3) is 0 Å². The molecule has 0 atom stereocenters. The van der Waals surface area contributed by atoms with Crippen LogP contribution in [0.5, 0.6) is 0 Å². The summed E-state index contributed by atoms with van der Waals surface area (Å²) in [6.45, 7) is 12.8. The molecule has 2 heterocycles. The van der Waals surface area contributed by atoms with E-state index in [0.29, 0.717) is 11.8 Å². The van der Waals surface area contributed by atoms with Crippen LogP contribution in [0.4, 0.5) is 5.82 Å². The van der Waals surface area contributed by atoms with Gasteiger partial charge in [-0.3, -0.25) is 4.99 Å². The molecule has 0 spiro atoms. The van der Waals surface area contributed by atoms with E-state index < -0.39 is 0 Å². The second kappa shape index (κ2) is 11.7. The Morgan fingerprint density at radius 3 is 2.56 bits per heavy atom. The van der Waals surface area contributed by atoms with Gasteiger partial charge in [0.05, 0.1) is 17.7 Å². The Morgan fingerprint density at radius 2 is 1.92 bits per heavy atom. The lowest BCUT2D eigenvalue weighted by Crippen LogP contribution is -2.41. The van der Waals surface area contributed by atoms with Gasteiger partial charge in [0, 0.05) is 30.9 Å². The second-order valence-corrected chi connectivity index (χ2v) is 10.5. The molecule has 1 N–H and O–H groups in total. The van der Waals surface area contributed by atoms with Crippen LogP contribution in [0.15, 0.2) is 53.6 Å². The predicted molar refractivity (Wildman–Crippen MR) is 154 cm³/mol. The maximum absolute atomic E-state index is 6.24. The normalized spacial score (nSPS) is 16.2. The van der Waals surface area contributed by atoms with Gasteiger partial charge in [-0.1, -0.05) is 56.7 Å². The van der Waals surface area contributed by atoms with Crippen LogP contribution in [0.2, 0.25) is 10.3 Å². The first-order chi connectivity index (χ1) is 17.4. The van der Waals surface area contributed by atoms with Crippen molar-refractivity contribution < 1.29 is 0 Å². The number of aromatic nitrogens is 2. The first-order valence-electron chi connectivity index (χ1n) is 12.8. The second-order valence-electron chi connectivity index (χ2n) is 9.69. The Balaban J connectivity index is 1.35. The first kappa shape index (κ1) is 26.5. The summed E-state index contributed by atoms with van der Waals surface area (Å²) in [5.41, 5.74) is 4.08. The van der Waals surface area contributed by atoms with Crippen molar-refractivity contribution in [3.8, 4) is 0 Å². The highest BCUT2D eigenvalue weighted by Crippen LogP contribution is 2.46. The Labute approximate surface area is 224 Å². The van der Waals surface area contributed by atoms with Gasteiger partial charge in [-0.05, 0) is 67.6 Å². The number of H-pyrrole nitrogens is 1. The number of rotatable bonds is 13. The molecule has 0 bridgehead atoms. The molecule has 36 heavy (non-hydrogen) atoms. The maximum Gasteiger partial charge on any atom is 0.202 e. The Bertz CT molecular complexity index is 1140. The molecule has 1 aromatic carbocycles. The predicted octanol–water partition coefficient (Wildman–Crippen LogP) is 7.12. The van der Waals surface area contributed by atoms with E-state index in [1.165, 1.54) is 12.0 Å². The summed E-state index contributed by atoms with van der Waals surface area (Å²) in [5.74, 6) is 1.77. The minimum absolute atomic E-state index is 0.0392. The van der Waals surface area contributed by atoms with Crippen LogP contribution in [0.1, 0.15) is 63.1 Å². The molecule has 1 fully saturated rings. The smallest absolute Gasteiger partial charge is 0.202 e. The van der Waals surface area contributed by atoms with Gasteiger partial charge in [0.2, 0.25) is 5.28 Å². The van der Waals surface area contributed by atoms with Crippen molar-refractivity contribution in [3.05, 3.63) is 65.2 Å². The molecule has 4 rings (SSSR count). The molecule has 1 aliphatic heterocycles. The van der Waals surface area contributed by atoms with Gasteiger partial charge >= 0.3 is 0 Å². The molecular formula is C28H36Cl2N6. The molecule has 2 aliphatic rings. The summed E-state index contributed by atoms with van der Waals surface area (Å²) in [4.78, 5) is 21.7. The van der Waals surface area contributed by atoms with Crippen LogP contribution in [0, 0.1) is 0 Å². The number of imidazole rings is 1. The molecule has 1 aliphatic carbocycles. The number of benzene rings is 1. The van der Waals surface area contributed by atoms with Crippen LogP contribution < -0.4 is 4.90 Å². The SMILES string of the molecule is C=CN(CCCC)c1nc(Cl)[nH]c1C(=C)N(C)CCCC1=NC(C2(c3ccc(Cl)cc3)CCC2)=NC1. The van der Waals surface area contributed by atoms with Crippen LogP contribution in [-0.4, -0.2) is 53.1 Å². The number of anilines is 1. The highest BCUT2D eigenvalue weighted by molar-refractivity contribution is 6.30. The van der Waals surface area contributed by atoms with Crippen LogP contribution in [0.25, 0.3) is 5.70 Å². The Kier molecular flexibility index (Phi) is 8.58. The molecule has 6 nitrogen and oxygen atoms in total. The van der Waals surface area contributed by atoms with E-state index in [4.69, 9.17) is 33.2 Å². The minimum Gasteiger partial charge on any atom is -0.373 e. The molecule has 0 unspecified atom stereocenters. The van der Waals surface area contributed by atoms with E-state index in [0.717, 1.165) is 85.4 Å². The van der Waals surface area contributed by atoms with Gasteiger partial charge in [-0.2, -0.15) is 4.98 Å². The van der Waals surface area contributed by atoms with Crippen LogP contribution in [-0.2, 0) is 5.41 Å². The summed E-state index contributed by atoms with van der Waals surface area (Å²) in [6, 6.07) is 8.19. The molecule has 8 heteroatoms. The standard InChI is InChI=1S/C28H36Cl2N6/c1-5-7-18-36(6-2)25-24(33-27(30)34-25)20(3)35(4)17-8-10-23-19-31-26(32-23)28(15-9-16-28)21-11-13-22(29)14-12-21/h6,11-14H,2-3,5,7-10,15-19H2,1,4H3,(H,33,34). The fraction of sp³-hybridized carbons (Fsp3) is 0.464. The van der Waals surface area contributed by atoms with Gasteiger partial charge in [-0.15, -0.1) is 0 Å². The molecule has 2 aromatic rings. The molecule has 1 saturated carbocycles. The zero-order chi connectivity index (χ0) is 25.7. The summed E-state index contributed by atoms with van der Waals surface area (Å²) < 4.78 is 0. The largest absolute Gasteiger partial charge is 0.373 e. The number of nitrogens with zero attached hydrogens (tertiary/aromatic N) is 5. The van der Waals surface area contributed by atoms with Crippen LogP contribution in [0.3, 0.4) is 0 Å². The number of halogens is 2. The highest BCUT2D eigenvalue weighted by Gasteiger charge is 2.44.